The van der Waals surface area contributed by atoms with Gasteiger partial charge < -0.3 is 5.11 Å². The Labute approximate surface area is 136 Å². The van der Waals surface area contributed by atoms with Crippen molar-refractivity contribution in [1.29, 1.82) is 0 Å². The summed E-state index contributed by atoms with van der Waals surface area (Å²) in [6, 6.07) is 6.27. The molecular weight excluding hydrogens is 316 g/mol. The molecule has 22 heavy (non-hydrogen) atoms. The molecule has 3 aromatic rings. The highest BCUT2D eigenvalue weighted by Crippen LogP contribution is 2.33. The molecule has 0 unspecified atom stereocenters. The third kappa shape index (κ3) is 2.93. The second-order valence-corrected chi connectivity index (χ2v) is 6.81. The van der Waals surface area contributed by atoms with E-state index in [9.17, 15) is 4.79 Å². The fourth-order valence-corrected chi connectivity index (χ4v) is 3.83. The average molecular weight is 330 g/mol. The van der Waals surface area contributed by atoms with E-state index in [1.165, 1.54) is 22.5 Å². The molecule has 2 heterocycles. The molecule has 0 aliphatic heterocycles. The summed E-state index contributed by atoms with van der Waals surface area (Å²) >= 11 is 3.08. The third-order valence-corrected chi connectivity index (χ3v) is 5.08. The monoisotopic (exact) mass is 330 g/mol. The topological polar surface area (TPSA) is 54.6 Å². The molecule has 1 N–H and O–H groups in total. The van der Waals surface area contributed by atoms with Gasteiger partial charge in [0.05, 0.1) is 5.69 Å². The Hall–Kier alpha value is -2.05. The largest absolute Gasteiger partial charge is 0.478 e. The van der Waals surface area contributed by atoms with Gasteiger partial charge in [0.15, 0.2) is 4.96 Å². The zero-order valence-corrected chi connectivity index (χ0v) is 13.7. The first-order valence-electron chi connectivity index (χ1n) is 6.66. The van der Waals surface area contributed by atoms with Crippen LogP contribution in [-0.4, -0.2) is 20.5 Å². The fraction of sp³-hybridized carbons (Fsp3) is 0.125. The number of imidazole rings is 1. The number of aryl methyl sites for hydroxylation is 2. The number of benzene rings is 1. The van der Waals surface area contributed by atoms with E-state index in [1.54, 1.807) is 17.8 Å². The van der Waals surface area contributed by atoms with Gasteiger partial charge in [-0.1, -0.05) is 17.8 Å². The van der Waals surface area contributed by atoms with Gasteiger partial charge in [0.25, 0.3) is 0 Å². The quantitative estimate of drug-likeness (QED) is 0.726. The number of carboxylic acids is 1. The first-order chi connectivity index (χ1) is 10.5. The Morgan fingerprint density at radius 2 is 2.18 bits per heavy atom. The molecule has 0 radical (unpaired) electrons. The molecule has 0 aliphatic rings. The lowest BCUT2D eigenvalue weighted by molar-refractivity contribution is -0.131. The maximum atomic E-state index is 10.8. The number of nitrogens with zero attached hydrogens (tertiary/aromatic N) is 2. The van der Waals surface area contributed by atoms with Crippen LogP contribution in [0.3, 0.4) is 0 Å². The predicted octanol–water partition coefficient (Wildman–Crippen LogP) is 4.26. The van der Waals surface area contributed by atoms with E-state index in [-0.39, 0.29) is 0 Å². The molecule has 0 bridgehead atoms. The molecule has 4 nitrogen and oxygen atoms in total. The summed E-state index contributed by atoms with van der Waals surface area (Å²) in [4.78, 5) is 17.4. The molecule has 0 spiro atoms. The molecule has 1 aromatic carbocycles. The lowest BCUT2D eigenvalue weighted by Gasteiger charge is -2.04. The van der Waals surface area contributed by atoms with Gasteiger partial charge in [-0.05, 0) is 43.2 Å². The van der Waals surface area contributed by atoms with E-state index in [2.05, 4.69) is 37.0 Å². The van der Waals surface area contributed by atoms with Crippen LogP contribution in [-0.2, 0) is 4.79 Å². The Morgan fingerprint density at radius 1 is 1.36 bits per heavy atom. The minimum Gasteiger partial charge on any atom is -0.478 e. The summed E-state index contributed by atoms with van der Waals surface area (Å²) in [5.41, 5.74) is 3.27. The number of rotatable bonds is 4. The van der Waals surface area contributed by atoms with Crippen molar-refractivity contribution in [3.05, 3.63) is 52.7 Å². The van der Waals surface area contributed by atoms with Gasteiger partial charge in [0, 0.05) is 22.5 Å². The first-order valence-corrected chi connectivity index (χ1v) is 8.36. The third-order valence-electron chi connectivity index (χ3n) is 3.34. The van der Waals surface area contributed by atoms with Crippen molar-refractivity contribution in [1.82, 2.24) is 9.38 Å². The maximum absolute atomic E-state index is 10.8. The van der Waals surface area contributed by atoms with Crippen molar-refractivity contribution in [2.45, 2.75) is 23.8 Å². The van der Waals surface area contributed by atoms with Crippen LogP contribution in [0.2, 0.25) is 0 Å². The average Bonchev–Trinajstić information content (AvgIpc) is 3.02. The van der Waals surface area contributed by atoms with Gasteiger partial charge in [-0.2, -0.15) is 0 Å². The van der Waals surface area contributed by atoms with E-state index in [0.29, 0.717) is 0 Å². The number of carboxylic acid groups (broad SMARTS) is 1. The van der Waals surface area contributed by atoms with E-state index >= 15 is 0 Å². The molecule has 6 heteroatoms. The van der Waals surface area contributed by atoms with Gasteiger partial charge in [-0.25, -0.2) is 9.78 Å². The number of hydrogen-bond acceptors (Lipinski definition) is 4. The minimum atomic E-state index is -0.965. The summed E-state index contributed by atoms with van der Waals surface area (Å²) < 4.78 is 1.91. The highest BCUT2D eigenvalue weighted by Gasteiger charge is 2.13. The lowest BCUT2D eigenvalue weighted by atomic mass is 10.1. The Morgan fingerprint density at radius 3 is 2.91 bits per heavy atom. The van der Waals surface area contributed by atoms with Crippen LogP contribution in [0.25, 0.3) is 11.0 Å². The van der Waals surface area contributed by atoms with Gasteiger partial charge >= 0.3 is 5.97 Å². The van der Waals surface area contributed by atoms with E-state index in [4.69, 9.17) is 5.11 Å². The van der Waals surface area contributed by atoms with Crippen LogP contribution in [0.15, 0.2) is 45.8 Å². The minimum absolute atomic E-state index is 0.793. The van der Waals surface area contributed by atoms with Crippen LogP contribution in [0.5, 0.6) is 0 Å². The van der Waals surface area contributed by atoms with E-state index in [0.717, 1.165) is 26.7 Å². The standard InChI is InChI=1S/C16H14N2O2S2/c1-10-3-4-12(9-11(10)2)22-15-13(5-6-14(19)20)18-7-8-21-16(18)17-15/h3-9H,1-2H3,(H,19,20). The first kappa shape index (κ1) is 14.9. The van der Waals surface area contributed by atoms with Crippen LogP contribution >= 0.6 is 23.1 Å². The van der Waals surface area contributed by atoms with Crippen LogP contribution in [0, 0.1) is 13.8 Å². The van der Waals surface area contributed by atoms with Gasteiger partial charge in [-0.3, -0.25) is 4.40 Å². The van der Waals surface area contributed by atoms with Crippen molar-refractivity contribution >= 4 is 40.1 Å². The molecule has 112 valence electrons. The van der Waals surface area contributed by atoms with E-state index in [1.807, 2.05) is 16.0 Å². The van der Waals surface area contributed by atoms with Gasteiger partial charge in [-0.15, -0.1) is 11.3 Å². The summed E-state index contributed by atoms with van der Waals surface area (Å²) in [6.45, 7) is 4.16. The highest BCUT2D eigenvalue weighted by molar-refractivity contribution is 7.99. The molecule has 0 aliphatic carbocycles. The Bertz CT molecular complexity index is 878. The molecule has 0 atom stereocenters. The number of aromatic nitrogens is 2. The summed E-state index contributed by atoms with van der Waals surface area (Å²) in [6.07, 6.45) is 4.64. The number of aliphatic carboxylic acids is 1. The number of fused-ring (bicyclic) bond motifs is 1. The van der Waals surface area contributed by atoms with E-state index < -0.39 is 5.97 Å². The van der Waals surface area contributed by atoms with Crippen LogP contribution < -0.4 is 0 Å². The number of hydrogen-bond donors (Lipinski definition) is 1. The Kier molecular flexibility index (Phi) is 4.04. The molecular formula is C16H14N2O2S2. The van der Waals surface area contributed by atoms with Crippen molar-refractivity contribution in [2.75, 3.05) is 0 Å². The second kappa shape index (κ2) is 5.98. The predicted molar refractivity (Wildman–Crippen MR) is 89.8 cm³/mol. The summed E-state index contributed by atoms with van der Waals surface area (Å²) in [5, 5.41) is 11.6. The Balaban J connectivity index is 2.02. The normalized spacial score (nSPS) is 11.5. The smallest absolute Gasteiger partial charge is 0.328 e. The number of carbonyl (C=O) groups is 1. The fourth-order valence-electron chi connectivity index (χ4n) is 2.05. The molecule has 3 rings (SSSR count). The molecule has 0 saturated carbocycles. The van der Waals surface area contributed by atoms with Crippen molar-refractivity contribution in [3.8, 4) is 0 Å². The van der Waals surface area contributed by atoms with Crippen molar-refractivity contribution in [3.63, 3.8) is 0 Å². The lowest BCUT2D eigenvalue weighted by Crippen LogP contribution is -1.89. The van der Waals surface area contributed by atoms with Crippen LogP contribution in [0.4, 0.5) is 0 Å². The molecule has 0 saturated heterocycles. The SMILES string of the molecule is Cc1ccc(Sc2nc3sccn3c2C=CC(=O)O)cc1C. The molecule has 0 fully saturated rings. The maximum Gasteiger partial charge on any atom is 0.328 e. The van der Waals surface area contributed by atoms with Gasteiger partial charge in [0.2, 0.25) is 0 Å². The van der Waals surface area contributed by atoms with Crippen LogP contribution in [0.1, 0.15) is 16.8 Å². The zero-order valence-electron chi connectivity index (χ0n) is 12.1. The summed E-state index contributed by atoms with van der Waals surface area (Å²) in [7, 11) is 0. The molecule has 0 amide bonds. The highest BCUT2D eigenvalue weighted by atomic mass is 32.2. The molecule has 2 aromatic heterocycles. The van der Waals surface area contributed by atoms with Gasteiger partial charge in [0.1, 0.15) is 5.03 Å². The summed E-state index contributed by atoms with van der Waals surface area (Å²) in [5.74, 6) is -0.965. The number of thiazole rings is 1. The second-order valence-electron chi connectivity index (χ2n) is 4.88. The zero-order chi connectivity index (χ0) is 15.7. The van der Waals surface area contributed by atoms with Crippen molar-refractivity contribution < 1.29 is 9.90 Å². The van der Waals surface area contributed by atoms with Crippen molar-refractivity contribution in [2.24, 2.45) is 0 Å².